The Kier molecular flexibility index (Phi) is 3.77. The lowest BCUT2D eigenvalue weighted by atomic mass is 10.2. The summed E-state index contributed by atoms with van der Waals surface area (Å²) in [6.45, 7) is 0. The molecule has 0 saturated carbocycles. The third-order valence-electron chi connectivity index (χ3n) is 1.85. The summed E-state index contributed by atoms with van der Waals surface area (Å²) >= 11 is 0. The Bertz CT molecular complexity index is 509. The summed E-state index contributed by atoms with van der Waals surface area (Å²) in [6, 6.07) is 3.73. The monoisotopic (exact) mass is 264 g/mol. The van der Waals surface area contributed by atoms with Crippen molar-refractivity contribution in [3.8, 4) is 5.75 Å². The van der Waals surface area contributed by atoms with Crippen LogP contribution in [0.15, 0.2) is 23.1 Å². The molecule has 0 aliphatic rings. The van der Waals surface area contributed by atoms with Crippen LogP contribution in [0.25, 0.3) is 0 Å². The Morgan fingerprint density at radius 1 is 1.31 bits per heavy atom. The number of esters is 1. The number of ether oxygens (including phenoxy) is 2. The largest absolute Gasteiger partial charge is 0.495 e. The Balaban J connectivity index is 3.33. The second-order valence-electron chi connectivity index (χ2n) is 2.80. The van der Waals surface area contributed by atoms with E-state index < -0.39 is 15.0 Å². The molecule has 7 heteroatoms. The van der Waals surface area contributed by atoms with E-state index >= 15 is 0 Å². The number of hydrogen-bond acceptors (Lipinski definition) is 5. The number of carbonyl (C=O) groups excluding carboxylic acids is 1. The van der Waals surface area contributed by atoms with Gasteiger partial charge in [0.2, 0.25) is 0 Å². The molecule has 0 spiro atoms. The molecule has 0 radical (unpaired) electrons. The van der Waals surface area contributed by atoms with Crippen molar-refractivity contribution in [3.63, 3.8) is 0 Å². The third-order valence-corrected chi connectivity index (χ3v) is 3.21. The highest BCUT2D eigenvalue weighted by Crippen LogP contribution is 2.27. The van der Waals surface area contributed by atoms with Gasteiger partial charge in [-0.05, 0) is 18.2 Å². The van der Waals surface area contributed by atoms with Gasteiger partial charge in [0.25, 0.3) is 9.05 Å². The molecule has 0 fully saturated rings. The molecule has 0 bridgehead atoms. The standard InChI is InChI=1S/C9H9ClO5S/c1-14-7-5-6(9(11)15-2)3-4-8(7)16(10,12)13/h3-5H,1-2H3. The van der Waals surface area contributed by atoms with E-state index in [0.717, 1.165) is 0 Å². The van der Waals surface area contributed by atoms with E-state index in [1.165, 1.54) is 32.4 Å². The number of rotatable bonds is 3. The molecule has 0 aromatic heterocycles. The fourth-order valence-corrected chi connectivity index (χ4v) is 2.11. The van der Waals surface area contributed by atoms with E-state index in [2.05, 4.69) is 4.74 Å². The fourth-order valence-electron chi connectivity index (χ4n) is 1.11. The average molecular weight is 265 g/mol. The first-order valence-corrected chi connectivity index (χ1v) is 6.42. The smallest absolute Gasteiger partial charge is 0.337 e. The number of carbonyl (C=O) groups is 1. The molecule has 0 aliphatic carbocycles. The van der Waals surface area contributed by atoms with E-state index in [9.17, 15) is 13.2 Å². The van der Waals surface area contributed by atoms with Crippen molar-refractivity contribution in [3.05, 3.63) is 23.8 Å². The zero-order chi connectivity index (χ0) is 12.3. The van der Waals surface area contributed by atoms with Gasteiger partial charge in [0.1, 0.15) is 10.6 Å². The molecule has 0 heterocycles. The first kappa shape index (κ1) is 12.8. The van der Waals surface area contributed by atoms with E-state index in [1.54, 1.807) is 0 Å². The quantitative estimate of drug-likeness (QED) is 0.610. The molecule has 0 N–H and O–H groups in total. The summed E-state index contributed by atoms with van der Waals surface area (Å²) < 4.78 is 31.6. The SMILES string of the molecule is COC(=O)c1ccc(S(=O)(=O)Cl)c(OC)c1. The molecule has 0 saturated heterocycles. The molecule has 1 aromatic rings. The maximum atomic E-state index is 11.2. The normalized spacial score (nSPS) is 10.9. The van der Waals surface area contributed by atoms with Gasteiger partial charge in [0.05, 0.1) is 19.8 Å². The van der Waals surface area contributed by atoms with Crippen LogP contribution in [0.1, 0.15) is 10.4 Å². The molecule has 88 valence electrons. The van der Waals surface area contributed by atoms with Gasteiger partial charge < -0.3 is 9.47 Å². The Hall–Kier alpha value is -1.27. The molecule has 5 nitrogen and oxygen atoms in total. The third kappa shape index (κ3) is 2.65. The van der Waals surface area contributed by atoms with E-state index in [0.29, 0.717) is 0 Å². The minimum atomic E-state index is -3.90. The predicted molar refractivity (Wildman–Crippen MR) is 57.4 cm³/mol. The Morgan fingerprint density at radius 3 is 2.38 bits per heavy atom. The summed E-state index contributed by atoms with van der Waals surface area (Å²) in [4.78, 5) is 11.0. The van der Waals surface area contributed by atoms with Gasteiger partial charge in [-0.1, -0.05) is 0 Å². The topological polar surface area (TPSA) is 69.7 Å². The number of halogens is 1. The van der Waals surface area contributed by atoms with E-state index in [-0.39, 0.29) is 16.2 Å². The first-order valence-electron chi connectivity index (χ1n) is 4.11. The molecule has 0 unspecified atom stereocenters. The van der Waals surface area contributed by atoms with Crippen LogP contribution >= 0.6 is 10.7 Å². The van der Waals surface area contributed by atoms with Gasteiger partial charge in [0.15, 0.2) is 0 Å². The number of benzene rings is 1. The molecule has 0 atom stereocenters. The van der Waals surface area contributed by atoms with Gasteiger partial charge in [-0.2, -0.15) is 0 Å². The zero-order valence-corrected chi connectivity index (χ0v) is 10.1. The number of methoxy groups -OCH3 is 2. The lowest BCUT2D eigenvalue weighted by Gasteiger charge is -2.07. The highest BCUT2D eigenvalue weighted by molar-refractivity contribution is 8.13. The maximum absolute atomic E-state index is 11.2. The van der Waals surface area contributed by atoms with Crippen molar-refractivity contribution >= 4 is 25.7 Å². The van der Waals surface area contributed by atoms with Crippen molar-refractivity contribution in [1.82, 2.24) is 0 Å². The summed E-state index contributed by atoms with van der Waals surface area (Å²) in [7, 11) is 3.79. The highest BCUT2D eigenvalue weighted by Gasteiger charge is 2.18. The van der Waals surface area contributed by atoms with Crippen LogP contribution < -0.4 is 4.74 Å². The average Bonchev–Trinajstić information content (AvgIpc) is 2.25. The van der Waals surface area contributed by atoms with Crippen LogP contribution in [-0.4, -0.2) is 28.6 Å². The minimum Gasteiger partial charge on any atom is -0.495 e. The van der Waals surface area contributed by atoms with Crippen LogP contribution in [0.4, 0.5) is 0 Å². The van der Waals surface area contributed by atoms with Gasteiger partial charge in [-0.15, -0.1) is 0 Å². The summed E-state index contributed by atoms with van der Waals surface area (Å²) in [5.41, 5.74) is 0.184. The molecule has 1 aromatic carbocycles. The van der Waals surface area contributed by atoms with Crippen molar-refractivity contribution in [1.29, 1.82) is 0 Å². The maximum Gasteiger partial charge on any atom is 0.337 e. The summed E-state index contributed by atoms with van der Waals surface area (Å²) in [6.07, 6.45) is 0. The summed E-state index contributed by atoms with van der Waals surface area (Å²) in [5, 5.41) is 0. The number of hydrogen-bond donors (Lipinski definition) is 0. The van der Waals surface area contributed by atoms with Gasteiger partial charge in [-0.3, -0.25) is 0 Å². The minimum absolute atomic E-state index is 0.00194. The lowest BCUT2D eigenvalue weighted by Crippen LogP contribution is -2.03. The second-order valence-corrected chi connectivity index (χ2v) is 5.33. The zero-order valence-electron chi connectivity index (χ0n) is 8.56. The molecule has 16 heavy (non-hydrogen) atoms. The van der Waals surface area contributed by atoms with Crippen LogP contribution in [0, 0.1) is 0 Å². The van der Waals surface area contributed by atoms with Crippen LogP contribution in [0.3, 0.4) is 0 Å². The predicted octanol–water partition coefficient (Wildman–Crippen LogP) is 1.41. The molecule has 0 amide bonds. The van der Waals surface area contributed by atoms with E-state index in [4.69, 9.17) is 15.4 Å². The Morgan fingerprint density at radius 2 is 1.94 bits per heavy atom. The Labute approximate surface area is 97.3 Å². The lowest BCUT2D eigenvalue weighted by molar-refractivity contribution is 0.0600. The highest BCUT2D eigenvalue weighted by atomic mass is 35.7. The van der Waals surface area contributed by atoms with E-state index in [1.807, 2.05) is 0 Å². The first-order chi connectivity index (χ1) is 7.40. The molecule has 0 aliphatic heterocycles. The van der Waals surface area contributed by atoms with Crippen LogP contribution in [0.2, 0.25) is 0 Å². The van der Waals surface area contributed by atoms with Gasteiger partial charge in [-0.25, -0.2) is 13.2 Å². The van der Waals surface area contributed by atoms with Crippen molar-refractivity contribution in [2.45, 2.75) is 4.90 Å². The second kappa shape index (κ2) is 4.71. The summed E-state index contributed by atoms with van der Waals surface area (Å²) in [5.74, 6) is -0.588. The molecule has 1 rings (SSSR count). The molecular formula is C9H9ClO5S. The van der Waals surface area contributed by atoms with Gasteiger partial charge in [0, 0.05) is 10.7 Å². The van der Waals surface area contributed by atoms with Crippen molar-refractivity contribution in [2.24, 2.45) is 0 Å². The molecular weight excluding hydrogens is 256 g/mol. The van der Waals surface area contributed by atoms with Gasteiger partial charge >= 0.3 is 5.97 Å². The van der Waals surface area contributed by atoms with Crippen molar-refractivity contribution < 1.29 is 22.7 Å². The van der Waals surface area contributed by atoms with Crippen LogP contribution in [-0.2, 0) is 13.8 Å². The van der Waals surface area contributed by atoms with Crippen LogP contribution in [0.5, 0.6) is 5.75 Å². The van der Waals surface area contributed by atoms with Crippen molar-refractivity contribution in [2.75, 3.05) is 14.2 Å². The fraction of sp³-hybridized carbons (Fsp3) is 0.222.